The summed E-state index contributed by atoms with van der Waals surface area (Å²) in [7, 11) is 0. The molecule has 4 nitrogen and oxygen atoms in total. The molecule has 22 heavy (non-hydrogen) atoms. The lowest BCUT2D eigenvalue weighted by molar-refractivity contribution is -0.135. The SMILES string of the molecule is O=C(C[C@H]1CCCO1)N(CCc1ccccc1)[C@@H]1CCOC1. The molecule has 1 amide bonds. The third-order valence-corrected chi connectivity index (χ3v) is 4.58. The highest BCUT2D eigenvalue weighted by Gasteiger charge is 2.29. The Kier molecular flexibility index (Phi) is 5.46. The molecule has 0 radical (unpaired) electrons. The molecule has 0 spiro atoms. The molecule has 120 valence electrons. The largest absolute Gasteiger partial charge is 0.379 e. The van der Waals surface area contributed by atoms with E-state index in [1.165, 1.54) is 5.56 Å². The van der Waals surface area contributed by atoms with Crippen molar-refractivity contribution in [2.75, 3.05) is 26.4 Å². The Balaban J connectivity index is 1.59. The van der Waals surface area contributed by atoms with Crippen LogP contribution in [0.4, 0.5) is 0 Å². The van der Waals surface area contributed by atoms with Gasteiger partial charge in [0.15, 0.2) is 0 Å². The van der Waals surface area contributed by atoms with Crippen molar-refractivity contribution in [2.45, 2.75) is 44.2 Å². The van der Waals surface area contributed by atoms with Gasteiger partial charge in [-0.15, -0.1) is 0 Å². The van der Waals surface area contributed by atoms with E-state index in [4.69, 9.17) is 9.47 Å². The summed E-state index contributed by atoms with van der Waals surface area (Å²) in [5.41, 5.74) is 1.27. The second kappa shape index (κ2) is 7.75. The van der Waals surface area contributed by atoms with E-state index in [1.807, 2.05) is 23.1 Å². The molecule has 0 saturated carbocycles. The van der Waals surface area contributed by atoms with E-state index >= 15 is 0 Å². The predicted molar refractivity (Wildman–Crippen MR) is 84.7 cm³/mol. The van der Waals surface area contributed by atoms with Crippen LogP contribution in [0.25, 0.3) is 0 Å². The van der Waals surface area contributed by atoms with E-state index in [0.717, 1.165) is 45.4 Å². The van der Waals surface area contributed by atoms with Crippen LogP contribution in [-0.4, -0.2) is 49.3 Å². The minimum absolute atomic E-state index is 0.119. The van der Waals surface area contributed by atoms with Crippen LogP contribution in [-0.2, 0) is 20.7 Å². The lowest BCUT2D eigenvalue weighted by Crippen LogP contribution is -2.43. The van der Waals surface area contributed by atoms with E-state index in [0.29, 0.717) is 13.0 Å². The van der Waals surface area contributed by atoms with Gasteiger partial charge in [-0.2, -0.15) is 0 Å². The summed E-state index contributed by atoms with van der Waals surface area (Å²) in [5.74, 6) is 0.221. The van der Waals surface area contributed by atoms with Gasteiger partial charge in [-0.25, -0.2) is 0 Å². The van der Waals surface area contributed by atoms with E-state index in [-0.39, 0.29) is 18.1 Å². The molecule has 0 aromatic heterocycles. The standard InChI is InChI=1S/C18H25NO3/c20-18(13-17-7-4-11-22-17)19(16-9-12-21-14-16)10-8-15-5-2-1-3-6-15/h1-3,5-6,16-17H,4,7-14H2/t16-,17-/m1/s1. The fourth-order valence-electron chi connectivity index (χ4n) is 3.29. The maximum atomic E-state index is 12.7. The van der Waals surface area contributed by atoms with Gasteiger partial charge in [-0.3, -0.25) is 4.79 Å². The van der Waals surface area contributed by atoms with Crippen molar-refractivity contribution in [1.82, 2.24) is 4.90 Å². The number of nitrogens with zero attached hydrogens (tertiary/aromatic N) is 1. The first-order chi connectivity index (χ1) is 10.8. The maximum Gasteiger partial charge on any atom is 0.225 e. The molecular formula is C18H25NO3. The van der Waals surface area contributed by atoms with Gasteiger partial charge in [0.25, 0.3) is 0 Å². The Hall–Kier alpha value is -1.39. The number of rotatable bonds is 6. The topological polar surface area (TPSA) is 38.8 Å². The third kappa shape index (κ3) is 4.08. The zero-order valence-corrected chi connectivity index (χ0v) is 13.1. The Morgan fingerprint density at radius 1 is 1.18 bits per heavy atom. The summed E-state index contributed by atoms with van der Waals surface area (Å²) in [6.45, 7) is 3.00. The number of carbonyl (C=O) groups is 1. The molecule has 2 saturated heterocycles. The molecule has 4 heteroatoms. The van der Waals surface area contributed by atoms with E-state index in [9.17, 15) is 4.79 Å². The molecule has 0 unspecified atom stereocenters. The molecule has 2 aliphatic rings. The number of benzene rings is 1. The van der Waals surface area contributed by atoms with Crippen molar-refractivity contribution >= 4 is 5.91 Å². The Labute approximate surface area is 132 Å². The molecular weight excluding hydrogens is 278 g/mol. The molecule has 1 aromatic rings. The molecule has 2 aliphatic heterocycles. The maximum absolute atomic E-state index is 12.7. The summed E-state index contributed by atoms with van der Waals surface area (Å²) >= 11 is 0. The fraction of sp³-hybridized carbons (Fsp3) is 0.611. The van der Waals surface area contributed by atoms with E-state index in [2.05, 4.69) is 12.1 Å². The van der Waals surface area contributed by atoms with Crippen LogP contribution in [0.1, 0.15) is 31.2 Å². The van der Waals surface area contributed by atoms with Gasteiger partial charge in [0.1, 0.15) is 0 Å². The van der Waals surface area contributed by atoms with Gasteiger partial charge >= 0.3 is 0 Å². The van der Waals surface area contributed by atoms with Crippen molar-refractivity contribution in [2.24, 2.45) is 0 Å². The molecule has 1 aromatic carbocycles. The number of hydrogen-bond donors (Lipinski definition) is 0. The van der Waals surface area contributed by atoms with Crippen LogP contribution in [0, 0.1) is 0 Å². The van der Waals surface area contributed by atoms with Crippen LogP contribution in [0.2, 0.25) is 0 Å². The summed E-state index contributed by atoms with van der Waals surface area (Å²) in [5, 5.41) is 0. The summed E-state index contributed by atoms with van der Waals surface area (Å²) in [4.78, 5) is 14.7. The van der Waals surface area contributed by atoms with Crippen molar-refractivity contribution in [3.8, 4) is 0 Å². The number of amides is 1. The fourth-order valence-corrected chi connectivity index (χ4v) is 3.29. The first-order valence-electron chi connectivity index (χ1n) is 8.35. The quantitative estimate of drug-likeness (QED) is 0.810. The van der Waals surface area contributed by atoms with Crippen LogP contribution < -0.4 is 0 Å². The predicted octanol–water partition coefficient (Wildman–Crippen LogP) is 2.42. The van der Waals surface area contributed by atoms with Crippen LogP contribution >= 0.6 is 0 Å². The summed E-state index contributed by atoms with van der Waals surface area (Å²) < 4.78 is 11.1. The zero-order valence-electron chi connectivity index (χ0n) is 13.1. The molecule has 2 heterocycles. The first-order valence-corrected chi connectivity index (χ1v) is 8.35. The van der Waals surface area contributed by atoms with Crippen LogP contribution in [0.5, 0.6) is 0 Å². The summed E-state index contributed by atoms with van der Waals surface area (Å²) in [6, 6.07) is 10.6. The van der Waals surface area contributed by atoms with Crippen LogP contribution in [0.15, 0.2) is 30.3 Å². The van der Waals surface area contributed by atoms with Gasteiger partial charge in [-0.05, 0) is 31.2 Å². The molecule has 0 aliphatic carbocycles. The van der Waals surface area contributed by atoms with Crippen molar-refractivity contribution in [3.05, 3.63) is 35.9 Å². The highest BCUT2D eigenvalue weighted by molar-refractivity contribution is 5.77. The minimum atomic E-state index is 0.119. The normalized spacial score (nSPS) is 24.5. The Bertz CT molecular complexity index is 464. The molecule has 0 N–H and O–H groups in total. The lowest BCUT2D eigenvalue weighted by Gasteiger charge is -2.29. The van der Waals surface area contributed by atoms with Gasteiger partial charge in [0.05, 0.1) is 25.2 Å². The van der Waals surface area contributed by atoms with Crippen molar-refractivity contribution in [1.29, 1.82) is 0 Å². The van der Waals surface area contributed by atoms with E-state index in [1.54, 1.807) is 0 Å². The van der Waals surface area contributed by atoms with Crippen LogP contribution in [0.3, 0.4) is 0 Å². The summed E-state index contributed by atoms with van der Waals surface area (Å²) in [6.07, 6.45) is 4.58. The minimum Gasteiger partial charge on any atom is -0.379 e. The third-order valence-electron chi connectivity index (χ3n) is 4.58. The highest BCUT2D eigenvalue weighted by atomic mass is 16.5. The smallest absolute Gasteiger partial charge is 0.225 e. The average molecular weight is 303 g/mol. The second-order valence-corrected chi connectivity index (χ2v) is 6.18. The average Bonchev–Trinajstić information content (AvgIpc) is 3.22. The number of hydrogen-bond acceptors (Lipinski definition) is 3. The Morgan fingerprint density at radius 2 is 2.05 bits per heavy atom. The second-order valence-electron chi connectivity index (χ2n) is 6.18. The van der Waals surface area contributed by atoms with Crippen molar-refractivity contribution in [3.63, 3.8) is 0 Å². The number of ether oxygens (including phenoxy) is 2. The molecule has 3 rings (SSSR count). The van der Waals surface area contributed by atoms with Gasteiger partial charge in [-0.1, -0.05) is 30.3 Å². The lowest BCUT2D eigenvalue weighted by atomic mass is 10.1. The zero-order chi connectivity index (χ0) is 15.2. The van der Waals surface area contributed by atoms with Gasteiger partial charge in [0.2, 0.25) is 5.91 Å². The highest BCUT2D eigenvalue weighted by Crippen LogP contribution is 2.20. The molecule has 2 atom stereocenters. The molecule has 2 fully saturated rings. The van der Waals surface area contributed by atoms with Gasteiger partial charge < -0.3 is 14.4 Å². The van der Waals surface area contributed by atoms with Gasteiger partial charge in [0, 0.05) is 19.8 Å². The van der Waals surface area contributed by atoms with E-state index < -0.39 is 0 Å². The Morgan fingerprint density at radius 3 is 2.73 bits per heavy atom. The number of carbonyl (C=O) groups excluding carboxylic acids is 1. The monoisotopic (exact) mass is 303 g/mol. The molecule has 0 bridgehead atoms. The van der Waals surface area contributed by atoms with Crippen molar-refractivity contribution < 1.29 is 14.3 Å². The first kappa shape index (κ1) is 15.5.